The maximum Gasteiger partial charge on any atom is 0.184 e. The van der Waals surface area contributed by atoms with Crippen LogP contribution in [0, 0.1) is 0 Å². The lowest BCUT2D eigenvalue weighted by molar-refractivity contribution is -0.126. The van der Waals surface area contributed by atoms with E-state index in [4.69, 9.17) is 9.84 Å². The van der Waals surface area contributed by atoms with E-state index in [1.54, 1.807) is 0 Å². The van der Waals surface area contributed by atoms with Gasteiger partial charge in [0, 0.05) is 12.6 Å². The highest BCUT2D eigenvalue weighted by Gasteiger charge is 2.41. The summed E-state index contributed by atoms with van der Waals surface area (Å²) in [5.41, 5.74) is 0. The van der Waals surface area contributed by atoms with E-state index in [0.29, 0.717) is 12.6 Å². The molecule has 0 amide bonds. The Morgan fingerprint density at radius 1 is 1.29 bits per heavy atom. The van der Waals surface area contributed by atoms with E-state index in [2.05, 4.69) is 5.32 Å². The summed E-state index contributed by atoms with van der Waals surface area (Å²) in [6.07, 6.45) is -3.03. The molecular weight excluding hydrogens is 186 g/mol. The standard InChI is InChI=1S/C9H19NO4/c1-3-5(2)10-4-6-7(11)8(12)9(13)14-6/h5-13H,3-4H2,1-2H3/t5?,6-,7+,8+,9+/m0/s1. The second-order valence-electron chi connectivity index (χ2n) is 3.76. The third-order valence-electron chi connectivity index (χ3n) is 2.62. The quantitative estimate of drug-likeness (QED) is 0.464. The molecule has 0 saturated carbocycles. The molecule has 5 atom stereocenters. The Morgan fingerprint density at radius 2 is 1.93 bits per heavy atom. The number of hydrogen-bond acceptors (Lipinski definition) is 5. The number of rotatable bonds is 4. The molecule has 5 heteroatoms. The van der Waals surface area contributed by atoms with Crippen LogP contribution in [0.3, 0.4) is 0 Å². The van der Waals surface area contributed by atoms with Crippen molar-refractivity contribution in [2.45, 2.75) is 50.9 Å². The SMILES string of the molecule is CCC(C)NC[C@@H]1O[C@@H](O)[C@H](O)[C@@H]1O. The molecule has 0 spiro atoms. The van der Waals surface area contributed by atoms with E-state index in [1.165, 1.54) is 0 Å². The van der Waals surface area contributed by atoms with Gasteiger partial charge in [0.2, 0.25) is 0 Å². The van der Waals surface area contributed by atoms with Gasteiger partial charge in [-0.3, -0.25) is 0 Å². The Balaban J connectivity index is 2.32. The zero-order valence-electron chi connectivity index (χ0n) is 8.55. The molecule has 4 N–H and O–H groups in total. The van der Waals surface area contributed by atoms with Gasteiger partial charge in [0.05, 0.1) is 0 Å². The lowest BCUT2D eigenvalue weighted by atomic mass is 10.1. The molecule has 1 rings (SSSR count). The van der Waals surface area contributed by atoms with Crippen molar-refractivity contribution in [3.8, 4) is 0 Å². The molecule has 0 aromatic heterocycles. The average Bonchev–Trinajstić information content (AvgIpc) is 2.42. The van der Waals surface area contributed by atoms with Gasteiger partial charge in [-0.1, -0.05) is 6.92 Å². The van der Waals surface area contributed by atoms with E-state index < -0.39 is 24.6 Å². The summed E-state index contributed by atoms with van der Waals surface area (Å²) < 4.78 is 4.97. The first-order valence-electron chi connectivity index (χ1n) is 4.99. The van der Waals surface area contributed by atoms with Gasteiger partial charge in [0.1, 0.15) is 18.3 Å². The van der Waals surface area contributed by atoms with Crippen molar-refractivity contribution in [2.75, 3.05) is 6.54 Å². The van der Waals surface area contributed by atoms with Crippen LogP contribution in [-0.2, 0) is 4.74 Å². The average molecular weight is 205 g/mol. The van der Waals surface area contributed by atoms with Crippen molar-refractivity contribution in [1.29, 1.82) is 0 Å². The first kappa shape index (κ1) is 11.9. The zero-order chi connectivity index (χ0) is 10.7. The van der Waals surface area contributed by atoms with Crippen LogP contribution in [0.15, 0.2) is 0 Å². The van der Waals surface area contributed by atoms with Crippen LogP contribution in [0.4, 0.5) is 0 Å². The Bertz CT molecular complexity index is 178. The highest BCUT2D eigenvalue weighted by atomic mass is 16.6. The van der Waals surface area contributed by atoms with Gasteiger partial charge in [-0.15, -0.1) is 0 Å². The molecule has 0 radical (unpaired) electrons. The summed E-state index contributed by atoms with van der Waals surface area (Å²) in [4.78, 5) is 0. The highest BCUT2D eigenvalue weighted by molar-refractivity contribution is 4.87. The van der Waals surface area contributed by atoms with Crippen LogP contribution in [-0.4, -0.2) is 52.5 Å². The van der Waals surface area contributed by atoms with Gasteiger partial charge in [-0.2, -0.15) is 0 Å². The lowest BCUT2D eigenvalue weighted by Gasteiger charge is -2.17. The maximum atomic E-state index is 9.44. The summed E-state index contributed by atoms with van der Waals surface area (Å²) in [6, 6.07) is 0.334. The predicted molar refractivity (Wildman–Crippen MR) is 50.6 cm³/mol. The van der Waals surface area contributed by atoms with Crippen LogP contribution in [0.25, 0.3) is 0 Å². The number of aliphatic hydroxyl groups is 3. The van der Waals surface area contributed by atoms with Crippen LogP contribution >= 0.6 is 0 Å². The Morgan fingerprint density at radius 3 is 2.36 bits per heavy atom. The second kappa shape index (κ2) is 5.04. The maximum absolute atomic E-state index is 9.44. The van der Waals surface area contributed by atoms with E-state index in [9.17, 15) is 10.2 Å². The minimum Gasteiger partial charge on any atom is -0.387 e. The Labute approximate surface area is 83.7 Å². The largest absolute Gasteiger partial charge is 0.387 e. The van der Waals surface area contributed by atoms with Gasteiger partial charge < -0.3 is 25.4 Å². The summed E-state index contributed by atoms with van der Waals surface area (Å²) >= 11 is 0. The molecule has 14 heavy (non-hydrogen) atoms. The van der Waals surface area contributed by atoms with E-state index in [-0.39, 0.29) is 0 Å². The summed E-state index contributed by atoms with van der Waals surface area (Å²) in [5.74, 6) is 0. The molecule has 5 nitrogen and oxygen atoms in total. The number of ether oxygens (including phenoxy) is 1. The molecular formula is C9H19NO4. The van der Waals surface area contributed by atoms with Crippen molar-refractivity contribution in [3.05, 3.63) is 0 Å². The fourth-order valence-electron chi connectivity index (χ4n) is 1.36. The molecule has 1 saturated heterocycles. The normalized spacial score (nSPS) is 40.1. The molecule has 0 aromatic carbocycles. The number of aliphatic hydroxyl groups excluding tert-OH is 3. The second-order valence-corrected chi connectivity index (χ2v) is 3.76. The van der Waals surface area contributed by atoms with Crippen molar-refractivity contribution in [2.24, 2.45) is 0 Å². The molecule has 1 heterocycles. The molecule has 1 fully saturated rings. The summed E-state index contributed by atoms with van der Waals surface area (Å²) in [5, 5.41) is 30.9. The van der Waals surface area contributed by atoms with Crippen LogP contribution < -0.4 is 5.32 Å². The molecule has 1 aliphatic rings. The minimum atomic E-state index is -1.27. The van der Waals surface area contributed by atoms with Crippen LogP contribution in [0.5, 0.6) is 0 Å². The smallest absolute Gasteiger partial charge is 0.184 e. The van der Waals surface area contributed by atoms with E-state index in [1.807, 2.05) is 13.8 Å². The molecule has 1 aliphatic heterocycles. The van der Waals surface area contributed by atoms with Crippen LogP contribution in [0.2, 0.25) is 0 Å². The fraction of sp³-hybridized carbons (Fsp3) is 1.00. The summed E-state index contributed by atoms with van der Waals surface area (Å²) in [6.45, 7) is 4.51. The molecule has 84 valence electrons. The fourth-order valence-corrected chi connectivity index (χ4v) is 1.36. The third-order valence-corrected chi connectivity index (χ3v) is 2.62. The topological polar surface area (TPSA) is 82.0 Å². The predicted octanol–water partition coefficient (Wildman–Crippen LogP) is -1.19. The van der Waals surface area contributed by atoms with Gasteiger partial charge >= 0.3 is 0 Å². The number of hydrogen-bond donors (Lipinski definition) is 4. The molecule has 0 bridgehead atoms. The van der Waals surface area contributed by atoms with Gasteiger partial charge in [-0.25, -0.2) is 0 Å². The first-order valence-corrected chi connectivity index (χ1v) is 4.99. The van der Waals surface area contributed by atoms with E-state index in [0.717, 1.165) is 6.42 Å². The van der Waals surface area contributed by atoms with Crippen molar-refractivity contribution >= 4 is 0 Å². The van der Waals surface area contributed by atoms with Crippen molar-refractivity contribution in [3.63, 3.8) is 0 Å². The van der Waals surface area contributed by atoms with Crippen LogP contribution in [0.1, 0.15) is 20.3 Å². The monoisotopic (exact) mass is 205 g/mol. The Hall–Kier alpha value is -0.200. The van der Waals surface area contributed by atoms with Gasteiger partial charge in [-0.05, 0) is 13.3 Å². The van der Waals surface area contributed by atoms with E-state index >= 15 is 0 Å². The first-order chi connectivity index (χ1) is 6.56. The third kappa shape index (κ3) is 2.65. The molecule has 0 aromatic rings. The van der Waals surface area contributed by atoms with Crippen molar-refractivity contribution < 1.29 is 20.1 Å². The zero-order valence-corrected chi connectivity index (χ0v) is 8.55. The summed E-state index contributed by atoms with van der Waals surface area (Å²) in [7, 11) is 0. The van der Waals surface area contributed by atoms with Crippen molar-refractivity contribution in [1.82, 2.24) is 5.32 Å². The lowest BCUT2D eigenvalue weighted by Crippen LogP contribution is -2.40. The Kier molecular flexibility index (Phi) is 4.28. The molecule has 1 unspecified atom stereocenters. The van der Waals surface area contributed by atoms with Gasteiger partial charge in [0.25, 0.3) is 0 Å². The van der Waals surface area contributed by atoms with Gasteiger partial charge in [0.15, 0.2) is 6.29 Å². The molecule has 0 aliphatic carbocycles. The highest BCUT2D eigenvalue weighted by Crippen LogP contribution is 2.18. The minimum absolute atomic E-state index is 0.334. The number of nitrogens with one attached hydrogen (secondary N) is 1.